The first-order chi connectivity index (χ1) is 12.8. The van der Waals surface area contributed by atoms with Gasteiger partial charge in [0.15, 0.2) is 5.69 Å². The van der Waals surface area contributed by atoms with Crippen LogP contribution in [0.15, 0.2) is 24.5 Å². The minimum Gasteiger partial charge on any atom is -0.461 e. The Balaban J connectivity index is 1.66. The third-order valence-corrected chi connectivity index (χ3v) is 4.58. The van der Waals surface area contributed by atoms with E-state index >= 15 is 0 Å². The van der Waals surface area contributed by atoms with Crippen LogP contribution in [0.25, 0.3) is 5.65 Å². The summed E-state index contributed by atoms with van der Waals surface area (Å²) in [7, 11) is 0. The van der Waals surface area contributed by atoms with Crippen LogP contribution < -0.4 is 0 Å². The molecule has 1 fully saturated rings. The number of hydrogen-bond acceptors (Lipinski definition) is 5. The van der Waals surface area contributed by atoms with Crippen molar-refractivity contribution >= 4 is 17.7 Å². The van der Waals surface area contributed by atoms with Crippen LogP contribution in [-0.4, -0.2) is 51.6 Å². The van der Waals surface area contributed by atoms with Crippen LogP contribution in [0.1, 0.15) is 62.5 Å². The van der Waals surface area contributed by atoms with Gasteiger partial charge in [0.05, 0.1) is 6.61 Å². The average Bonchev–Trinajstić information content (AvgIpc) is 3.04. The molecule has 2 aromatic rings. The van der Waals surface area contributed by atoms with E-state index in [0.717, 1.165) is 12.8 Å². The Morgan fingerprint density at radius 3 is 2.52 bits per heavy atom. The molecule has 0 N–H and O–H groups in total. The van der Waals surface area contributed by atoms with Crippen LogP contribution in [0.2, 0.25) is 0 Å². The van der Waals surface area contributed by atoms with Crippen LogP contribution in [0.5, 0.6) is 0 Å². The Morgan fingerprint density at radius 1 is 1.19 bits per heavy atom. The molecule has 7 nitrogen and oxygen atoms in total. The quantitative estimate of drug-likeness (QED) is 0.768. The van der Waals surface area contributed by atoms with E-state index in [4.69, 9.17) is 9.47 Å². The molecule has 1 amide bonds. The minimum absolute atomic E-state index is 0.245. The molecule has 0 bridgehead atoms. The molecule has 0 aromatic carbocycles. The van der Waals surface area contributed by atoms with E-state index in [1.165, 1.54) is 5.56 Å². The second-order valence-electron chi connectivity index (χ2n) is 7.82. The Labute approximate surface area is 159 Å². The summed E-state index contributed by atoms with van der Waals surface area (Å²) < 4.78 is 12.3. The normalized spacial score (nSPS) is 15.8. The predicted molar refractivity (Wildman–Crippen MR) is 101 cm³/mol. The third kappa shape index (κ3) is 4.59. The fourth-order valence-electron chi connectivity index (χ4n) is 3.28. The smallest absolute Gasteiger partial charge is 0.410 e. The molecule has 146 valence electrons. The van der Waals surface area contributed by atoms with Gasteiger partial charge in [-0.1, -0.05) is 6.07 Å². The summed E-state index contributed by atoms with van der Waals surface area (Å²) in [5, 5.41) is 0. The van der Waals surface area contributed by atoms with Gasteiger partial charge in [-0.2, -0.15) is 0 Å². The van der Waals surface area contributed by atoms with Crippen molar-refractivity contribution in [3.63, 3.8) is 0 Å². The van der Waals surface area contributed by atoms with Gasteiger partial charge in [0, 0.05) is 25.5 Å². The molecule has 0 aliphatic carbocycles. The first-order valence-electron chi connectivity index (χ1n) is 9.40. The van der Waals surface area contributed by atoms with Crippen molar-refractivity contribution in [1.82, 2.24) is 14.3 Å². The molecule has 27 heavy (non-hydrogen) atoms. The molecule has 1 aliphatic rings. The highest BCUT2D eigenvalue weighted by molar-refractivity contribution is 5.87. The maximum atomic E-state index is 12.2. The lowest BCUT2D eigenvalue weighted by Crippen LogP contribution is -2.41. The largest absolute Gasteiger partial charge is 0.461 e. The van der Waals surface area contributed by atoms with Crippen LogP contribution in [-0.2, 0) is 9.47 Å². The van der Waals surface area contributed by atoms with E-state index < -0.39 is 11.6 Å². The zero-order chi connectivity index (χ0) is 19.6. The predicted octanol–water partition coefficient (Wildman–Crippen LogP) is 3.63. The number of pyridine rings is 1. The Morgan fingerprint density at radius 2 is 1.89 bits per heavy atom. The number of carbonyl (C=O) groups is 2. The summed E-state index contributed by atoms with van der Waals surface area (Å²) in [6, 6.07) is 3.96. The number of carbonyl (C=O) groups excluding carboxylic acids is 2. The minimum atomic E-state index is -0.475. The molecule has 3 heterocycles. The molecule has 0 unspecified atom stereocenters. The number of nitrogens with zero attached hydrogens (tertiary/aromatic N) is 3. The molecule has 0 atom stereocenters. The van der Waals surface area contributed by atoms with Crippen molar-refractivity contribution in [1.29, 1.82) is 0 Å². The van der Waals surface area contributed by atoms with Gasteiger partial charge >= 0.3 is 12.1 Å². The number of rotatable bonds is 3. The van der Waals surface area contributed by atoms with E-state index in [-0.39, 0.29) is 6.09 Å². The zero-order valence-corrected chi connectivity index (χ0v) is 16.4. The average molecular weight is 373 g/mol. The first-order valence-corrected chi connectivity index (χ1v) is 9.40. The standard InChI is InChI=1S/C20H27N3O4/c1-5-26-18(24)16-13-23-12-15(6-7-17(23)21-16)14-8-10-22(11-9-14)19(25)27-20(2,3)4/h6-7,12-14H,5,8-11H2,1-4H3. The number of esters is 1. The van der Waals surface area contributed by atoms with Gasteiger partial charge in [-0.25, -0.2) is 14.6 Å². The van der Waals surface area contributed by atoms with Crippen molar-refractivity contribution in [2.45, 2.75) is 52.1 Å². The van der Waals surface area contributed by atoms with Gasteiger partial charge in [0.1, 0.15) is 11.2 Å². The molecule has 1 aliphatic heterocycles. The number of amides is 1. The van der Waals surface area contributed by atoms with E-state index in [9.17, 15) is 9.59 Å². The lowest BCUT2D eigenvalue weighted by Gasteiger charge is -2.33. The van der Waals surface area contributed by atoms with Crippen LogP contribution in [0.4, 0.5) is 4.79 Å². The number of ether oxygens (including phenoxy) is 2. The molecule has 3 rings (SSSR count). The van der Waals surface area contributed by atoms with Crippen molar-refractivity contribution in [2.75, 3.05) is 19.7 Å². The molecule has 0 radical (unpaired) electrons. The van der Waals surface area contributed by atoms with Gasteiger partial charge < -0.3 is 18.8 Å². The van der Waals surface area contributed by atoms with Gasteiger partial charge in [-0.15, -0.1) is 0 Å². The Kier molecular flexibility index (Phi) is 5.39. The van der Waals surface area contributed by atoms with Gasteiger partial charge in [-0.3, -0.25) is 0 Å². The lowest BCUT2D eigenvalue weighted by molar-refractivity contribution is 0.0204. The monoisotopic (exact) mass is 373 g/mol. The number of piperidine rings is 1. The number of hydrogen-bond donors (Lipinski definition) is 0. The fourth-order valence-corrected chi connectivity index (χ4v) is 3.28. The molecular formula is C20H27N3O4. The van der Waals surface area contributed by atoms with Crippen LogP contribution in [0.3, 0.4) is 0 Å². The number of fused-ring (bicyclic) bond motifs is 1. The van der Waals surface area contributed by atoms with E-state index in [2.05, 4.69) is 4.98 Å². The highest BCUT2D eigenvalue weighted by Crippen LogP contribution is 2.29. The molecule has 0 saturated carbocycles. The van der Waals surface area contributed by atoms with E-state index in [1.807, 2.05) is 43.5 Å². The van der Waals surface area contributed by atoms with Crippen LogP contribution >= 0.6 is 0 Å². The maximum Gasteiger partial charge on any atom is 0.410 e. The van der Waals surface area contributed by atoms with Gasteiger partial charge in [0.2, 0.25) is 0 Å². The summed E-state index contributed by atoms with van der Waals surface area (Å²) >= 11 is 0. The summed E-state index contributed by atoms with van der Waals surface area (Å²) in [5.74, 6) is -0.0463. The SMILES string of the molecule is CCOC(=O)c1cn2cc(C3CCN(C(=O)OC(C)(C)C)CC3)ccc2n1. The van der Waals surface area contributed by atoms with Crippen LogP contribution in [0, 0.1) is 0 Å². The number of imidazole rings is 1. The molecule has 1 saturated heterocycles. The van der Waals surface area contributed by atoms with E-state index in [1.54, 1.807) is 18.0 Å². The van der Waals surface area contributed by atoms with Gasteiger partial charge in [-0.05, 0) is 58.1 Å². The highest BCUT2D eigenvalue weighted by Gasteiger charge is 2.27. The highest BCUT2D eigenvalue weighted by atomic mass is 16.6. The second kappa shape index (κ2) is 7.58. The van der Waals surface area contributed by atoms with Crippen molar-refractivity contribution < 1.29 is 19.1 Å². The third-order valence-electron chi connectivity index (χ3n) is 4.58. The number of likely N-dealkylation sites (tertiary alicyclic amines) is 1. The van der Waals surface area contributed by atoms with Gasteiger partial charge in [0.25, 0.3) is 0 Å². The van der Waals surface area contributed by atoms with Crippen molar-refractivity contribution in [3.05, 3.63) is 35.8 Å². The fraction of sp³-hybridized carbons (Fsp3) is 0.550. The summed E-state index contributed by atoms with van der Waals surface area (Å²) in [4.78, 5) is 30.1. The molecule has 0 spiro atoms. The molecule has 7 heteroatoms. The van der Waals surface area contributed by atoms with Crippen molar-refractivity contribution in [3.8, 4) is 0 Å². The molecule has 2 aromatic heterocycles. The Bertz CT molecular complexity index is 829. The zero-order valence-electron chi connectivity index (χ0n) is 16.4. The maximum absolute atomic E-state index is 12.2. The Hall–Kier alpha value is -2.57. The topological polar surface area (TPSA) is 73.1 Å². The number of aromatic nitrogens is 2. The molecular weight excluding hydrogens is 346 g/mol. The van der Waals surface area contributed by atoms with Crippen molar-refractivity contribution in [2.24, 2.45) is 0 Å². The summed E-state index contributed by atoms with van der Waals surface area (Å²) in [6.07, 6.45) is 5.23. The lowest BCUT2D eigenvalue weighted by atomic mass is 9.90. The first kappa shape index (κ1) is 19.2. The second-order valence-corrected chi connectivity index (χ2v) is 7.82. The summed E-state index contributed by atoms with van der Waals surface area (Å²) in [6.45, 7) is 9.09. The van der Waals surface area contributed by atoms with E-state index in [0.29, 0.717) is 37.0 Å². The summed E-state index contributed by atoms with van der Waals surface area (Å²) in [5.41, 5.74) is 1.73.